The molecule has 0 amide bonds. The molecule has 0 radical (unpaired) electrons. The van der Waals surface area contributed by atoms with Crippen molar-refractivity contribution in [2.45, 2.75) is 13.0 Å². The molecule has 1 aromatic carbocycles. The second-order valence-electron chi connectivity index (χ2n) is 4.65. The summed E-state index contributed by atoms with van der Waals surface area (Å²) in [4.78, 5) is 1.03. The summed E-state index contributed by atoms with van der Waals surface area (Å²) >= 11 is 1.59. The number of hydrogen-bond donors (Lipinski definition) is 1. The Morgan fingerprint density at radius 2 is 2.24 bits per heavy atom. The molecular formula is C16H16FNO2S. The van der Waals surface area contributed by atoms with Crippen LogP contribution in [-0.4, -0.2) is 13.7 Å². The van der Waals surface area contributed by atoms with Crippen molar-refractivity contribution in [1.82, 2.24) is 5.32 Å². The fourth-order valence-corrected chi connectivity index (χ4v) is 3.35. The maximum atomic E-state index is 13.8. The number of thiophene rings is 1. The van der Waals surface area contributed by atoms with Gasteiger partial charge in [-0.05, 0) is 30.1 Å². The fraction of sp³-hybridized carbons (Fsp3) is 0.250. The van der Waals surface area contributed by atoms with Gasteiger partial charge in [0.2, 0.25) is 0 Å². The number of furan rings is 1. The van der Waals surface area contributed by atoms with Crippen LogP contribution >= 0.6 is 11.3 Å². The summed E-state index contributed by atoms with van der Waals surface area (Å²) in [6.45, 7) is 2.79. The Balaban J connectivity index is 2.09. The van der Waals surface area contributed by atoms with Crippen molar-refractivity contribution in [2.24, 2.45) is 0 Å². The number of nitrogens with one attached hydrogen (secondary N) is 1. The Morgan fingerprint density at radius 1 is 1.38 bits per heavy atom. The molecule has 0 fully saturated rings. The summed E-state index contributed by atoms with van der Waals surface area (Å²) in [7, 11) is 1.65. The molecule has 2 aromatic heterocycles. The SMILES string of the molecule is CCNC(c1cc2cccc(F)c2o1)c1sccc1OC. The summed E-state index contributed by atoms with van der Waals surface area (Å²) in [6.07, 6.45) is 0. The second kappa shape index (κ2) is 5.87. The highest BCUT2D eigenvalue weighted by Gasteiger charge is 2.23. The van der Waals surface area contributed by atoms with E-state index < -0.39 is 0 Å². The largest absolute Gasteiger partial charge is 0.496 e. The van der Waals surface area contributed by atoms with E-state index in [1.807, 2.05) is 30.5 Å². The molecule has 0 aliphatic rings. The first-order valence-corrected chi connectivity index (χ1v) is 7.65. The van der Waals surface area contributed by atoms with Gasteiger partial charge in [-0.3, -0.25) is 0 Å². The van der Waals surface area contributed by atoms with Gasteiger partial charge in [0.1, 0.15) is 17.6 Å². The molecule has 2 heterocycles. The quantitative estimate of drug-likeness (QED) is 0.761. The van der Waals surface area contributed by atoms with Crippen molar-refractivity contribution >= 4 is 22.3 Å². The third kappa shape index (κ3) is 2.54. The van der Waals surface area contributed by atoms with Crippen LogP contribution in [0.5, 0.6) is 5.75 Å². The van der Waals surface area contributed by atoms with Crippen LogP contribution in [0.3, 0.4) is 0 Å². The van der Waals surface area contributed by atoms with Crippen LogP contribution in [0.1, 0.15) is 23.6 Å². The van der Waals surface area contributed by atoms with Crippen molar-refractivity contribution < 1.29 is 13.5 Å². The number of fused-ring (bicyclic) bond motifs is 1. The zero-order chi connectivity index (χ0) is 14.8. The van der Waals surface area contributed by atoms with Crippen molar-refractivity contribution in [3.8, 4) is 5.75 Å². The van der Waals surface area contributed by atoms with Gasteiger partial charge in [0.05, 0.1) is 12.0 Å². The van der Waals surface area contributed by atoms with Gasteiger partial charge in [0.15, 0.2) is 11.4 Å². The van der Waals surface area contributed by atoms with Crippen LogP contribution in [0.4, 0.5) is 4.39 Å². The van der Waals surface area contributed by atoms with E-state index in [-0.39, 0.29) is 11.9 Å². The molecule has 5 heteroatoms. The molecular weight excluding hydrogens is 289 g/mol. The molecule has 0 saturated heterocycles. The highest BCUT2D eigenvalue weighted by Crippen LogP contribution is 2.37. The average Bonchev–Trinajstić information content (AvgIpc) is 3.11. The van der Waals surface area contributed by atoms with E-state index in [0.717, 1.165) is 22.6 Å². The predicted octanol–water partition coefficient (Wildman–Crippen LogP) is 4.34. The van der Waals surface area contributed by atoms with Gasteiger partial charge in [-0.15, -0.1) is 11.3 Å². The Hall–Kier alpha value is -1.85. The summed E-state index contributed by atoms with van der Waals surface area (Å²) in [5.74, 6) is 1.16. The van der Waals surface area contributed by atoms with Crippen molar-refractivity contribution in [3.63, 3.8) is 0 Å². The molecule has 3 rings (SSSR count). The molecule has 1 unspecified atom stereocenters. The van der Waals surface area contributed by atoms with Gasteiger partial charge >= 0.3 is 0 Å². The number of rotatable bonds is 5. The van der Waals surface area contributed by atoms with E-state index in [1.54, 1.807) is 24.5 Å². The minimum atomic E-state index is -0.341. The Morgan fingerprint density at radius 3 is 2.95 bits per heavy atom. The lowest BCUT2D eigenvalue weighted by molar-refractivity contribution is 0.400. The van der Waals surface area contributed by atoms with Gasteiger partial charge < -0.3 is 14.5 Å². The molecule has 3 aromatic rings. The molecule has 110 valence electrons. The van der Waals surface area contributed by atoms with Crippen molar-refractivity contribution in [3.05, 3.63) is 52.2 Å². The normalized spacial score (nSPS) is 12.7. The summed E-state index contributed by atoms with van der Waals surface area (Å²) in [6, 6.07) is 8.60. The lowest BCUT2D eigenvalue weighted by atomic mass is 10.1. The number of benzene rings is 1. The molecule has 0 aliphatic heterocycles. The number of halogens is 1. The van der Waals surface area contributed by atoms with Crippen LogP contribution in [0.2, 0.25) is 0 Å². The third-order valence-electron chi connectivity index (χ3n) is 3.35. The first kappa shape index (κ1) is 14.1. The van der Waals surface area contributed by atoms with E-state index in [9.17, 15) is 4.39 Å². The monoisotopic (exact) mass is 305 g/mol. The highest BCUT2D eigenvalue weighted by molar-refractivity contribution is 7.10. The molecule has 1 atom stereocenters. The molecule has 21 heavy (non-hydrogen) atoms. The van der Waals surface area contributed by atoms with Crippen LogP contribution in [0.15, 0.2) is 40.1 Å². The first-order chi connectivity index (χ1) is 10.2. The molecule has 0 spiro atoms. The first-order valence-electron chi connectivity index (χ1n) is 6.77. The molecule has 3 nitrogen and oxygen atoms in total. The molecule has 0 bridgehead atoms. The standard InChI is InChI=1S/C16H16FNO2S/c1-3-18-14(16-12(19-2)7-8-21-16)13-9-10-5-4-6-11(17)15(10)20-13/h4-9,14,18H,3H2,1-2H3. The predicted molar refractivity (Wildman–Crippen MR) is 82.6 cm³/mol. The van der Waals surface area contributed by atoms with Gasteiger partial charge in [-0.25, -0.2) is 4.39 Å². The highest BCUT2D eigenvalue weighted by atomic mass is 32.1. The van der Waals surface area contributed by atoms with E-state index in [0.29, 0.717) is 11.3 Å². The lowest BCUT2D eigenvalue weighted by Crippen LogP contribution is -2.21. The number of para-hydroxylation sites is 1. The van der Waals surface area contributed by atoms with Crippen LogP contribution in [-0.2, 0) is 0 Å². The van der Waals surface area contributed by atoms with Gasteiger partial charge in [-0.1, -0.05) is 19.1 Å². The summed E-state index contributed by atoms with van der Waals surface area (Å²) in [5.41, 5.74) is 0.297. The topological polar surface area (TPSA) is 34.4 Å². The Kier molecular flexibility index (Phi) is 3.94. The summed E-state index contributed by atoms with van der Waals surface area (Å²) < 4.78 is 24.9. The van der Waals surface area contributed by atoms with E-state index in [2.05, 4.69) is 5.32 Å². The van der Waals surface area contributed by atoms with Crippen LogP contribution < -0.4 is 10.1 Å². The average molecular weight is 305 g/mol. The van der Waals surface area contributed by atoms with E-state index >= 15 is 0 Å². The summed E-state index contributed by atoms with van der Waals surface area (Å²) in [5, 5.41) is 6.11. The zero-order valence-corrected chi connectivity index (χ0v) is 12.7. The maximum Gasteiger partial charge on any atom is 0.169 e. The van der Waals surface area contributed by atoms with Crippen LogP contribution in [0, 0.1) is 5.82 Å². The fourth-order valence-electron chi connectivity index (χ4n) is 2.40. The van der Waals surface area contributed by atoms with Gasteiger partial charge in [-0.2, -0.15) is 0 Å². The smallest absolute Gasteiger partial charge is 0.169 e. The second-order valence-corrected chi connectivity index (χ2v) is 5.60. The minimum absolute atomic E-state index is 0.142. The van der Waals surface area contributed by atoms with Gasteiger partial charge in [0.25, 0.3) is 0 Å². The maximum absolute atomic E-state index is 13.8. The van der Waals surface area contributed by atoms with E-state index in [4.69, 9.17) is 9.15 Å². The van der Waals surface area contributed by atoms with Crippen molar-refractivity contribution in [2.75, 3.05) is 13.7 Å². The Bertz CT molecular complexity index is 750. The number of methoxy groups -OCH3 is 1. The van der Waals surface area contributed by atoms with Crippen molar-refractivity contribution in [1.29, 1.82) is 0 Å². The zero-order valence-electron chi connectivity index (χ0n) is 11.9. The van der Waals surface area contributed by atoms with E-state index in [1.165, 1.54) is 6.07 Å². The minimum Gasteiger partial charge on any atom is -0.496 e. The van der Waals surface area contributed by atoms with Crippen LogP contribution in [0.25, 0.3) is 11.0 Å². The lowest BCUT2D eigenvalue weighted by Gasteiger charge is -2.15. The number of hydrogen-bond acceptors (Lipinski definition) is 4. The third-order valence-corrected chi connectivity index (χ3v) is 4.31. The molecule has 1 N–H and O–H groups in total. The molecule has 0 saturated carbocycles. The Labute approximate surface area is 126 Å². The number of ether oxygens (including phenoxy) is 1. The van der Waals surface area contributed by atoms with Gasteiger partial charge in [0, 0.05) is 5.39 Å². The molecule has 0 aliphatic carbocycles.